The molecule has 4 unspecified atom stereocenters. The number of hydrogen-bond acceptors (Lipinski definition) is 4. The lowest BCUT2D eigenvalue weighted by Gasteiger charge is -2.19. The van der Waals surface area contributed by atoms with E-state index >= 15 is 0 Å². The fraction of sp³-hybridized carbons (Fsp3) is 0.588. The number of carbonyl (C=O) groups is 1. The number of nitrogens with one attached hydrogen (secondary N) is 3. The fourth-order valence-corrected chi connectivity index (χ4v) is 4.45. The summed E-state index contributed by atoms with van der Waals surface area (Å²) < 4.78 is 1.69. The van der Waals surface area contributed by atoms with Crippen LogP contribution in [0.25, 0.3) is 0 Å². The molecule has 2 aromatic rings. The van der Waals surface area contributed by atoms with Crippen LogP contribution in [0.3, 0.4) is 0 Å². The van der Waals surface area contributed by atoms with Crippen LogP contribution in [0.5, 0.6) is 0 Å². The second kappa shape index (κ2) is 6.05. The Balaban J connectivity index is 1.44. The molecule has 4 rings (SSSR count). The van der Waals surface area contributed by atoms with Crippen molar-refractivity contribution < 1.29 is 4.79 Å². The summed E-state index contributed by atoms with van der Waals surface area (Å²) in [4.78, 5) is 12.5. The minimum absolute atomic E-state index is 0.128. The molecular formula is C17H24N6O. The van der Waals surface area contributed by atoms with E-state index in [-0.39, 0.29) is 5.91 Å². The number of hydrogen-bond donors (Lipinski definition) is 3. The Bertz CT molecular complexity index is 735. The van der Waals surface area contributed by atoms with Crippen LogP contribution in [0.4, 0.5) is 5.82 Å². The molecule has 1 amide bonds. The Morgan fingerprint density at radius 2 is 2.29 bits per heavy atom. The van der Waals surface area contributed by atoms with Crippen molar-refractivity contribution in [2.24, 2.45) is 18.9 Å². The summed E-state index contributed by atoms with van der Waals surface area (Å²) in [5, 5.41) is 17.5. The van der Waals surface area contributed by atoms with Crippen LogP contribution < -0.4 is 10.6 Å². The van der Waals surface area contributed by atoms with Gasteiger partial charge in [-0.2, -0.15) is 10.2 Å². The molecule has 2 aliphatic rings. The smallest absolute Gasteiger partial charge is 0.247 e. The van der Waals surface area contributed by atoms with Gasteiger partial charge in [0.25, 0.3) is 0 Å². The van der Waals surface area contributed by atoms with E-state index in [9.17, 15) is 4.79 Å². The maximum absolute atomic E-state index is 12.5. The van der Waals surface area contributed by atoms with E-state index in [2.05, 4.69) is 25.9 Å². The van der Waals surface area contributed by atoms with Crippen LogP contribution in [0.1, 0.15) is 48.9 Å². The Hall–Kier alpha value is -2.15. The number of rotatable bonds is 5. The van der Waals surface area contributed by atoms with Crippen LogP contribution in [0, 0.1) is 11.8 Å². The number of aryl methyl sites for hydroxylation is 1. The average Bonchev–Trinajstić information content (AvgIpc) is 3.32. The Morgan fingerprint density at radius 3 is 2.92 bits per heavy atom. The summed E-state index contributed by atoms with van der Waals surface area (Å²) in [6.45, 7) is 0. The molecule has 0 spiro atoms. The Kier molecular flexibility index (Phi) is 3.88. The molecule has 0 saturated heterocycles. The molecule has 128 valence electrons. The van der Waals surface area contributed by atoms with Gasteiger partial charge in [-0.1, -0.05) is 6.42 Å². The van der Waals surface area contributed by atoms with Crippen LogP contribution in [-0.4, -0.2) is 32.9 Å². The first-order valence-electron chi connectivity index (χ1n) is 8.66. The van der Waals surface area contributed by atoms with Gasteiger partial charge in [-0.05, 0) is 38.1 Å². The quantitative estimate of drug-likeness (QED) is 0.783. The molecule has 2 aliphatic carbocycles. The number of amides is 1. The number of nitrogens with zero attached hydrogens (tertiary/aromatic N) is 3. The molecule has 0 aromatic carbocycles. The molecule has 2 saturated carbocycles. The van der Waals surface area contributed by atoms with E-state index in [1.54, 1.807) is 17.9 Å². The highest BCUT2D eigenvalue weighted by Crippen LogP contribution is 2.52. The van der Waals surface area contributed by atoms with Gasteiger partial charge in [0.15, 0.2) is 5.82 Å². The minimum Gasteiger partial charge on any atom is -0.308 e. The molecule has 7 heteroatoms. The summed E-state index contributed by atoms with van der Waals surface area (Å²) in [5.41, 5.74) is 2.00. The fourth-order valence-electron chi connectivity index (χ4n) is 4.45. The summed E-state index contributed by atoms with van der Waals surface area (Å²) >= 11 is 0. The maximum Gasteiger partial charge on any atom is 0.247 e. The lowest BCUT2D eigenvalue weighted by Crippen LogP contribution is -2.30. The van der Waals surface area contributed by atoms with Crippen molar-refractivity contribution in [2.45, 2.75) is 37.6 Å². The number of likely N-dealkylation sites (N-methyl/N-ethyl adjacent to an activating group) is 1. The number of aromatic amines is 1. The molecule has 3 N–H and O–H groups in total. The van der Waals surface area contributed by atoms with Crippen molar-refractivity contribution in [2.75, 3.05) is 12.4 Å². The van der Waals surface area contributed by atoms with Crippen molar-refractivity contribution in [3.63, 3.8) is 0 Å². The number of fused-ring (bicyclic) bond motifs is 2. The van der Waals surface area contributed by atoms with Gasteiger partial charge in [-0.15, -0.1) is 0 Å². The normalized spacial score (nSPS) is 26.7. The van der Waals surface area contributed by atoms with E-state index in [0.717, 1.165) is 17.4 Å². The predicted octanol–water partition coefficient (Wildman–Crippen LogP) is 1.95. The van der Waals surface area contributed by atoms with Crippen molar-refractivity contribution >= 4 is 11.7 Å². The first-order chi connectivity index (χ1) is 11.6. The van der Waals surface area contributed by atoms with E-state index in [0.29, 0.717) is 11.7 Å². The van der Waals surface area contributed by atoms with Crippen molar-refractivity contribution in [3.8, 4) is 0 Å². The summed E-state index contributed by atoms with van der Waals surface area (Å²) in [5.74, 6) is 2.73. The predicted molar refractivity (Wildman–Crippen MR) is 90.4 cm³/mol. The first kappa shape index (κ1) is 15.4. The van der Waals surface area contributed by atoms with Crippen LogP contribution >= 0.6 is 0 Å². The molecule has 2 aromatic heterocycles. The largest absolute Gasteiger partial charge is 0.308 e. The van der Waals surface area contributed by atoms with Gasteiger partial charge in [0.2, 0.25) is 5.91 Å². The number of carbonyl (C=O) groups excluding carboxylic acids is 1. The van der Waals surface area contributed by atoms with E-state index in [1.807, 2.05) is 19.3 Å². The van der Waals surface area contributed by atoms with Gasteiger partial charge in [0.1, 0.15) is 6.04 Å². The highest BCUT2D eigenvalue weighted by molar-refractivity contribution is 5.94. The molecular weight excluding hydrogens is 304 g/mol. The first-order valence-corrected chi connectivity index (χ1v) is 8.66. The van der Waals surface area contributed by atoms with Crippen LogP contribution in [0.2, 0.25) is 0 Å². The van der Waals surface area contributed by atoms with E-state index in [4.69, 9.17) is 0 Å². The number of anilines is 1. The molecule has 2 bridgehead atoms. The van der Waals surface area contributed by atoms with Crippen LogP contribution in [0.15, 0.2) is 18.5 Å². The Morgan fingerprint density at radius 1 is 1.42 bits per heavy atom. The topological polar surface area (TPSA) is 87.6 Å². The van der Waals surface area contributed by atoms with E-state index in [1.165, 1.54) is 31.4 Å². The monoisotopic (exact) mass is 328 g/mol. The van der Waals surface area contributed by atoms with Crippen molar-refractivity contribution in [3.05, 3.63) is 29.7 Å². The molecule has 4 atom stereocenters. The zero-order chi connectivity index (χ0) is 16.7. The van der Waals surface area contributed by atoms with E-state index < -0.39 is 6.04 Å². The van der Waals surface area contributed by atoms with Gasteiger partial charge in [0.05, 0.1) is 6.20 Å². The molecule has 2 heterocycles. The van der Waals surface area contributed by atoms with Gasteiger partial charge in [0, 0.05) is 36.5 Å². The summed E-state index contributed by atoms with van der Waals surface area (Å²) in [6, 6.07) is 1.56. The second-order valence-electron chi connectivity index (χ2n) is 7.15. The third-order valence-electron chi connectivity index (χ3n) is 5.60. The zero-order valence-electron chi connectivity index (χ0n) is 14.1. The highest BCUT2D eigenvalue weighted by Gasteiger charge is 2.41. The molecule has 2 fully saturated rings. The number of H-pyrrole nitrogens is 1. The minimum atomic E-state index is -0.443. The summed E-state index contributed by atoms with van der Waals surface area (Å²) in [6.07, 6.45) is 8.87. The van der Waals surface area contributed by atoms with Gasteiger partial charge >= 0.3 is 0 Å². The van der Waals surface area contributed by atoms with Crippen LogP contribution in [-0.2, 0) is 11.8 Å². The SMILES string of the molecule is CNC(C(=O)Nc1cc(C2CC3CCC2C3)[nH]n1)c1cnn(C)c1. The standard InChI is InChI=1S/C17H24N6O/c1-18-16(12-8-19-23(2)9-12)17(24)20-15-7-14(21-22-15)13-6-10-3-4-11(13)5-10/h7-11,13,16,18H,3-6H2,1-2H3,(H2,20,21,22,24). The van der Waals surface area contributed by atoms with Crippen molar-refractivity contribution in [1.29, 1.82) is 0 Å². The Labute approximate surface area is 141 Å². The maximum atomic E-state index is 12.5. The third kappa shape index (κ3) is 2.73. The average molecular weight is 328 g/mol. The van der Waals surface area contributed by atoms with Crippen molar-refractivity contribution in [1.82, 2.24) is 25.3 Å². The molecule has 0 radical (unpaired) electrons. The zero-order valence-corrected chi connectivity index (χ0v) is 14.1. The van der Waals surface area contributed by atoms with Gasteiger partial charge < -0.3 is 10.6 Å². The molecule has 24 heavy (non-hydrogen) atoms. The third-order valence-corrected chi connectivity index (χ3v) is 5.60. The lowest BCUT2D eigenvalue weighted by atomic mass is 9.86. The number of aromatic nitrogens is 4. The lowest BCUT2D eigenvalue weighted by molar-refractivity contribution is -0.118. The van der Waals surface area contributed by atoms with Gasteiger partial charge in [-0.3, -0.25) is 14.6 Å². The highest BCUT2D eigenvalue weighted by atomic mass is 16.2. The van der Waals surface area contributed by atoms with Gasteiger partial charge in [-0.25, -0.2) is 0 Å². The molecule has 7 nitrogen and oxygen atoms in total. The summed E-state index contributed by atoms with van der Waals surface area (Å²) in [7, 11) is 3.60. The second-order valence-corrected chi connectivity index (χ2v) is 7.15. The molecule has 0 aliphatic heterocycles.